The molecule has 0 bridgehead atoms. The summed E-state index contributed by atoms with van der Waals surface area (Å²) in [5, 5.41) is 3.83. The number of nitrogens with one attached hydrogen (secondary N) is 1. The van der Waals surface area contributed by atoms with Crippen molar-refractivity contribution in [1.29, 1.82) is 0 Å². The van der Waals surface area contributed by atoms with E-state index in [0.717, 1.165) is 18.8 Å². The van der Waals surface area contributed by atoms with Crippen LogP contribution in [-0.4, -0.2) is 23.1 Å². The van der Waals surface area contributed by atoms with Crippen LogP contribution >= 0.6 is 12.2 Å². The van der Waals surface area contributed by atoms with Gasteiger partial charge in [-0.15, -0.1) is 0 Å². The maximum atomic E-state index is 13.5. The summed E-state index contributed by atoms with van der Waals surface area (Å²) >= 11 is 5.43. The van der Waals surface area contributed by atoms with Gasteiger partial charge in [-0.05, 0) is 55.1 Å². The number of halogens is 1. The zero-order chi connectivity index (χ0) is 14.0. The van der Waals surface area contributed by atoms with Crippen LogP contribution in [0, 0.1) is 24.6 Å². The highest BCUT2D eigenvalue weighted by molar-refractivity contribution is 7.80. The molecule has 1 aromatic carbocycles. The van der Waals surface area contributed by atoms with Gasteiger partial charge in [-0.2, -0.15) is 0 Å². The molecule has 0 aliphatic carbocycles. The minimum Gasteiger partial charge on any atom is -0.348 e. The van der Waals surface area contributed by atoms with Crippen molar-refractivity contribution in [2.75, 3.05) is 18.4 Å². The van der Waals surface area contributed by atoms with Gasteiger partial charge in [0, 0.05) is 18.8 Å². The van der Waals surface area contributed by atoms with Gasteiger partial charge in [0.15, 0.2) is 5.11 Å². The van der Waals surface area contributed by atoms with Crippen LogP contribution < -0.4 is 5.32 Å². The van der Waals surface area contributed by atoms with E-state index in [0.29, 0.717) is 22.5 Å². The van der Waals surface area contributed by atoms with Crippen molar-refractivity contribution >= 4 is 23.0 Å². The van der Waals surface area contributed by atoms with Crippen LogP contribution in [0.3, 0.4) is 0 Å². The Hall–Kier alpha value is -1.16. The second-order valence-electron chi connectivity index (χ2n) is 5.75. The number of hydrogen-bond donors (Lipinski definition) is 1. The van der Waals surface area contributed by atoms with Crippen LogP contribution in [-0.2, 0) is 0 Å². The number of rotatable bonds is 1. The minimum atomic E-state index is -0.201. The molecule has 1 fully saturated rings. The molecular formula is C15H21FN2S. The van der Waals surface area contributed by atoms with Crippen molar-refractivity contribution < 1.29 is 4.39 Å². The smallest absolute Gasteiger partial charge is 0.173 e. The maximum Gasteiger partial charge on any atom is 0.173 e. The molecule has 1 aliphatic rings. The summed E-state index contributed by atoms with van der Waals surface area (Å²) in [7, 11) is 0. The first-order chi connectivity index (χ1) is 8.95. The van der Waals surface area contributed by atoms with Gasteiger partial charge in [0.05, 0.1) is 0 Å². The van der Waals surface area contributed by atoms with Crippen LogP contribution in [0.25, 0.3) is 0 Å². The summed E-state index contributed by atoms with van der Waals surface area (Å²) < 4.78 is 13.5. The Labute approximate surface area is 120 Å². The van der Waals surface area contributed by atoms with E-state index in [1.807, 2.05) is 6.07 Å². The van der Waals surface area contributed by atoms with Crippen molar-refractivity contribution in [1.82, 2.24) is 4.90 Å². The Morgan fingerprint density at radius 3 is 2.53 bits per heavy atom. The first-order valence-electron chi connectivity index (χ1n) is 6.77. The third kappa shape index (κ3) is 3.66. The molecule has 0 unspecified atom stereocenters. The topological polar surface area (TPSA) is 15.3 Å². The molecule has 2 rings (SSSR count). The molecule has 0 radical (unpaired) electrons. The third-order valence-corrected chi connectivity index (χ3v) is 3.94. The minimum absolute atomic E-state index is 0.201. The predicted octanol–water partition coefficient (Wildman–Crippen LogP) is 3.81. The van der Waals surface area contributed by atoms with Gasteiger partial charge in [0.2, 0.25) is 0 Å². The highest BCUT2D eigenvalue weighted by Crippen LogP contribution is 2.22. The van der Waals surface area contributed by atoms with Gasteiger partial charge in [-0.3, -0.25) is 0 Å². The SMILES string of the molecule is Cc1ccc(NC(=S)N2C[C@@H](C)C[C@H](C)C2)cc1F. The Balaban J connectivity index is 2.02. The molecule has 1 saturated heterocycles. The Kier molecular flexibility index (Phi) is 4.40. The summed E-state index contributed by atoms with van der Waals surface area (Å²) in [5.74, 6) is 1.10. The Morgan fingerprint density at radius 1 is 1.32 bits per heavy atom. The average molecular weight is 280 g/mol. The molecule has 2 nitrogen and oxygen atoms in total. The van der Waals surface area contributed by atoms with Crippen molar-refractivity contribution in [2.45, 2.75) is 27.2 Å². The Bertz CT molecular complexity index is 465. The number of aryl methyl sites for hydroxylation is 1. The van der Waals surface area contributed by atoms with Crippen molar-refractivity contribution in [2.24, 2.45) is 11.8 Å². The zero-order valence-corrected chi connectivity index (χ0v) is 12.6. The highest BCUT2D eigenvalue weighted by atomic mass is 32.1. The molecule has 19 heavy (non-hydrogen) atoms. The molecule has 1 aromatic rings. The highest BCUT2D eigenvalue weighted by Gasteiger charge is 2.23. The summed E-state index contributed by atoms with van der Waals surface area (Å²) in [6.07, 6.45) is 1.25. The number of benzene rings is 1. The molecule has 0 aromatic heterocycles. The quantitative estimate of drug-likeness (QED) is 0.788. The van der Waals surface area contributed by atoms with E-state index in [4.69, 9.17) is 12.2 Å². The first kappa shape index (κ1) is 14.3. The largest absolute Gasteiger partial charge is 0.348 e. The third-order valence-electron chi connectivity index (χ3n) is 3.58. The van der Waals surface area contributed by atoms with E-state index < -0.39 is 0 Å². The van der Waals surface area contributed by atoms with Gasteiger partial charge >= 0.3 is 0 Å². The number of anilines is 1. The van der Waals surface area contributed by atoms with Crippen LogP contribution in [0.1, 0.15) is 25.8 Å². The summed E-state index contributed by atoms with van der Waals surface area (Å²) in [6.45, 7) is 8.20. The van der Waals surface area contributed by atoms with E-state index in [-0.39, 0.29) is 5.82 Å². The van der Waals surface area contributed by atoms with E-state index in [9.17, 15) is 4.39 Å². The average Bonchev–Trinajstić information content (AvgIpc) is 2.32. The van der Waals surface area contributed by atoms with Gasteiger partial charge in [0.25, 0.3) is 0 Å². The van der Waals surface area contributed by atoms with Gasteiger partial charge < -0.3 is 10.2 Å². The number of thiocarbonyl (C=S) groups is 1. The van der Waals surface area contributed by atoms with Crippen LogP contribution in [0.15, 0.2) is 18.2 Å². The molecule has 4 heteroatoms. The standard InChI is InChI=1S/C15H21FN2S/c1-10-6-11(2)9-18(8-10)15(19)17-13-5-4-12(3)14(16)7-13/h4-5,7,10-11H,6,8-9H2,1-3H3,(H,17,19)/t10-,11-/m0/s1. The molecule has 1 aliphatic heterocycles. The lowest BCUT2D eigenvalue weighted by Gasteiger charge is -2.36. The molecular weight excluding hydrogens is 259 g/mol. The summed E-state index contributed by atoms with van der Waals surface area (Å²) in [4.78, 5) is 2.19. The summed E-state index contributed by atoms with van der Waals surface area (Å²) in [6, 6.07) is 5.13. The van der Waals surface area contributed by atoms with Crippen LogP contribution in [0.4, 0.5) is 10.1 Å². The number of hydrogen-bond acceptors (Lipinski definition) is 1. The second kappa shape index (κ2) is 5.87. The fourth-order valence-electron chi connectivity index (χ4n) is 2.70. The Morgan fingerprint density at radius 2 is 1.95 bits per heavy atom. The van der Waals surface area contributed by atoms with Crippen molar-refractivity contribution in [3.8, 4) is 0 Å². The van der Waals surface area contributed by atoms with E-state index in [1.165, 1.54) is 12.5 Å². The molecule has 0 saturated carbocycles. The van der Waals surface area contributed by atoms with E-state index >= 15 is 0 Å². The van der Waals surface area contributed by atoms with Crippen LogP contribution in [0.5, 0.6) is 0 Å². The predicted molar refractivity (Wildman–Crippen MR) is 81.9 cm³/mol. The molecule has 104 valence electrons. The first-order valence-corrected chi connectivity index (χ1v) is 7.18. The number of nitrogens with zero attached hydrogens (tertiary/aromatic N) is 1. The normalized spacial score (nSPS) is 23.3. The van der Waals surface area contributed by atoms with Crippen molar-refractivity contribution in [3.63, 3.8) is 0 Å². The zero-order valence-electron chi connectivity index (χ0n) is 11.7. The van der Waals surface area contributed by atoms with Crippen molar-refractivity contribution in [3.05, 3.63) is 29.6 Å². The fourth-order valence-corrected chi connectivity index (χ4v) is 2.97. The van der Waals surface area contributed by atoms with Gasteiger partial charge in [-0.1, -0.05) is 19.9 Å². The fraction of sp³-hybridized carbons (Fsp3) is 0.533. The summed E-state index contributed by atoms with van der Waals surface area (Å²) in [5.41, 5.74) is 1.37. The molecule has 1 N–H and O–H groups in total. The number of piperidine rings is 1. The van der Waals surface area contributed by atoms with Gasteiger partial charge in [-0.25, -0.2) is 4.39 Å². The monoisotopic (exact) mass is 280 g/mol. The molecule has 0 spiro atoms. The molecule has 2 atom stereocenters. The van der Waals surface area contributed by atoms with E-state index in [1.54, 1.807) is 13.0 Å². The van der Waals surface area contributed by atoms with Gasteiger partial charge in [0.1, 0.15) is 5.82 Å². The van der Waals surface area contributed by atoms with E-state index in [2.05, 4.69) is 24.1 Å². The lowest BCUT2D eigenvalue weighted by molar-refractivity contribution is 0.216. The molecule has 1 heterocycles. The number of likely N-dealkylation sites (tertiary alicyclic amines) is 1. The lowest BCUT2D eigenvalue weighted by Crippen LogP contribution is -2.44. The van der Waals surface area contributed by atoms with Crippen LogP contribution in [0.2, 0.25) is 0 Å². The maximum absolute atomic E-state index is 13.5. The molecule has 0 amide bonds. The second-order valence-corrected chi connectivity index (χ2v) is 6.13. The lowest BCUT2D eigenvalue weighted by atomic mass is 9.92.